The highest BCUT2D eigenvalue weighted by Crippen LogP contribution is 2.33. The number of hydrogen-bond donors (Lipinski definition) is 2. The zero-order valence-corrected chi connectivity index (χ0v) is 10.5. The van der Waals surface area contributed by atoms with E-state index in [1.165, 1.54) is 6.42 Å². The summed E-state index contributed by atoms with van der Waals surface area (Å²) in [4.78, 5) is 9.01. The number of anilines is 2. The summed E-state index contributed by atoms with van der Waals surface area (Å²) in [5, 5.41) is 6.62. The molecular formula is C12H20N4. The van der Waals surface area contributed by atoms with Gasteiger partial charge in [-0.05, 0) is 19.3 Å². The van der Waals surface area contributed by atoms with E-state index in [2.05, 4.69) is 41.4 Å². The smallest absolute Gasteiger partial charge is 0.135 e. The minimum absolute atomic E-state index is 0.600. The first-order chi connectivity index (χ1) is 7.65. The quantitative estimate of drug-likeness (QED) is 0.817. The van der Waals surface area contributed by atoms with E-state index in [1.54, 1.807) is 0 Å². The van der Waals surface area contributed by atoms with Crippen molar-refractivity contribution in [1.82, 2.24) is 9.97 Å². The average Bonchev–Trinajstić information content (AvgIpc) is 2.97. The number of aryl methyl sites for hydroxylation is 1. The van der Waals surface area contributed by atoms with Crippen molar-refractivity contribution in [2.75, 3.05) is 17.7 Å². The molecule has 4 heteroatoms. The fourth-order valence-corrected chi connectivity index (χ4v) is 1.80. The molecule has 88 valence electrons. The number of aromatic nitrogens is 2. The van der Waals surface area contributed by atoms with Gasteiger partial charge in [0, 0.05) is 25.1 Å². The molecule has 0 saturated heterocycles. The summed E-state index contributed by atoms with van der Waals surface area (Å²) < 4.78 is 0. The third-order valence-corrected chi connectivity index (χ3v) is 3.18. The Bertz CT molecular complexity index is 389. The van der Waals surface area contributed by atoms with Crippen LogP contribution in [-0.2, 0) is 6.42 Å². The maximum absolute atomic E-state index is 4.55. The van der Waals surface area contributed by atoms with Crippen LogP contribution in [0.2, 0.25) is 0 Å². The van der Waals surface area contributed by atoms with Gasteiger partial charge in [0.2, 0.25) is 0 Å². The first-order valence-corrected chi connectivity index (χ1v) is 5.97. The molecule has 0 amide bonds. The van der Waals surface area contributed by atoms with E-state index >= 15 is 0 Å². The summed E-state index contributed by atoms with van der Waals surface area (Å²) in [6.45, 7) is 6.39. The molecule has 0 aliphatic heterocycles. The molecule has 4 nitrogen and oxygen atoms in total. The molecule has 0 radical (unpaired) electrons. The monoisotopic (exact) mass is 220 g/mol. The molecule has 0 aromatic carbocycles. The molecule has 1 aliphatic carbocycles. The molecule has 2 rings (SSSR count). The molecule has 1 aromatic rings. The van der Waals surface area contributed by atoms with E-state index in [1.807, 2.05) is 7.05 Å². The lowest BCUT2D eigenvalue weighted by Crippen LogP contribution is -2.11. The minimum atomic E-state index is 0.600. The number of hydrogen-bond acceptors (Lipinski definition) is 4. The van der Waals surface area contributed by atoms with Gasteiger partial charge >= 0.3 is 0 Å². The predicted molar refractivity (Wildman–Crippen MR) is 66.9 cm³/mol. The van der Waals surface area contributed by atoms with Crippen molar-refractivity contribution in [3.8, 4) is 0 Å². The maximum Gasteiger partial charge on any atom is 0.135 e. The van der Waals surface area contributed by atoms with Gasteiger partial charge in [0.05, 0.1) is 0 Å². The predicted octanol–water partition coefficient (Wildman–Crippen LogP) is 2.21. The van der Waals surface area contributed by atoms with Gasteiger partial charge in [0.1, 0.15) is 17.5 Å². The fourth-order valence-electron chi connectivity index (χ4n) is 1.80. The van der Waals surface area contributed by atoms with Gasteiger partial charge < -0.3 is 10.6 Å². The second kappa shape index (κ2) is 4.28. The SMILES string of the molecule is CCc1nc(NC)c(C)c(NC2CC2C)n1. The van der Waals surface area contributed by atoms with E-state index in [0.29, 0.717) is 6.04 Å². The third-order valence-electron chi connectivity index (χ3n) is 3.18. The van der Waals surface area contributed by atoms with Crippen molar-refractivity contribution < 1.29 is 0 Å². The molecule has 1 aromatic heterocycles. The number of nitrogens with one attached hydrogen (secondary N) is 2. The molecule has 1 saturated carbocycles. The third kappa shape index (κ3) is 2.10. The van der Waals surface area contributed by atoms with Gasteiger partial charge in [0.15, 0.2) is 0 Å². The van der Waals surface area contributed by atoms with Crippen LogP contribution in [0.1, 0.15) is 31.7 Å². The van der Waals surface area contributed by atoms with E-state index < -0.39 is 0 Å². The number of nitrogens with zero attached hydrogens (tertiary/aromatic N) is 2. The van der Waals surface area contributed by atoms with Gasteiger partial charge in [-0.25, -0.2) is 9.97 Å². The van der Waals surface area contributed by atoms with Crippen LogP contribution < -0.4 is 10.6 Å². The Hall–Kier alpha value is -1.32. The van der Waals surface area contributed by atoms with Crippen LogP contribution >= 0.6 is 0 Å². The Morgan fingerprint density at radius 3 is 2.44 bits per heavy atom. The van der Waals surface area contributed by atoms with Crippen molar-refractivity contribution in [3.05, 3.63) is 11.4 Å². The molecule has 1 heterocycles. The molecule has 1 aliphatic rings. The number of rotatable bonds is 4. The maximum atomic E-state index is 4.55. The van der Waals surface area contributed by atoms with Crippen LogP contribution in [0.15, 0.2) is 0 Å². The summed E-state index contributed by atoms with van der Waals surface area (Å²) in [7, 11) is 1.90. The standard InChI is InChI=1S/C12H20N4/c1-5-10-15-11(13-4)8(3)12(16-10)14-9-6-7(9)2/h7,9H,5-6H2,1-4H3,(H2,13,14,15,16). The highest BCUT2D eigenvalue weighted by Gasteiger charge is 2.33. The second-order valence-corrected chi connectivity index (χ2v) is 4.53. The zero-order valence-electron chi connectivity index (χ0n) is 10.5. The Kier molecular flexibility index (Phi) is 2.99. The van der Waals surface area contributed by atoms with Crippen molar-refractivity contribution >= 4 is 11.6 Å². The van der Waals surface area contributed by atoms with Crippen LogP contribution in [0, 0.1) is 12.8 Å². The van der Waals surface area contributed by atoms with Crippen molar-refractivity contribution in [1.29, 1.82) is 0 Å². The van der Waals surface area contributed by atoms with Crippen LogP contribution in [0.5, 0.6) is 0 Å². The fraction of sp³-hybridized carbons (Fsp3) is 0.667. The lowest BCUT2D eigenvalue weighted by Gasteiger charge is -2.13. The van der Waals surface area contributed by atoms with E-state index in [0.717, 1.165) is 35.4 Å². The van der Waals surface area contributed by atoms with Gasteiger partial charge in [-0.1, -0.05) is 13.8 Å². The van der Waals surface area contributed by atoms with Crippen molar-refractivity contribution in [2.45, 2.75) is 39.7 Å². The molecule has 0 bridgehead atoms. The lowest BCUT2D eigenvalue weighted by atomic mass is 10.3. The van der Waals surface area contributed by atoms with E-state index in [9.17, 15) is 0 Å². The van der Waals surface area contributed by atoms with Gasteiger partial charge in [-0.3, -0.25) is 0 Å². The van der Waals surface area contributed by atoms with Crippen LogP contribution in [0.25, 0.3) is 0 Å². The molecular weight excluding hydrogens is 200 g/mol. The lowest BCUT2D eigenvalue weighted by molar-refractivity contribution is 0.895. The Morgan fingerprint density at radius 1 is 1.31 bits per heavy atom. The summed E-state index contributed by atoms with van der Waals surface area (Å²) in [5.74, 6) is 3.59. The first-order valence-electron chi connectivity index (χ1n) is 5.97. The zero-order chi connectivity index (χ0) is 11.7. The van der Waals surface area contributed by atoms with E-state index in [-0.39, 0.29) is 0 Å². The normalized spacial score (nSPS) is 23.0. The van der Waals surface area contributed by atoms with Crippen molar-refractivity contribution in [3.63, 3.8) is 0 Å². The molecule has 2 atom stereocenters. The minimum Gasteiger partial charge on any atom is -0.373 e. The first kappa shape index (κ1) is 11.2. The molecule has 16 heavy (non-hydrogen) atoms. The highest BCUT2D eigenvalue weighted by atomic mass is 15.1. The van der Waals surface area contributed by atoms with Gasteiger partial charge in [0.25, 0.3) is 0 Å². The highest BCUT2D eigenvalue weighted by molar-refractivity contribution is 5.57. The molecule has 0 spiro atoms. The second-order valence-electron chi connectivity index (χ2n) is 4.53. The van der Waals surface area contributed by atoms with Crippen LogP contribution in [-0.4, -0.2) is 23.1 Å². The van der Waals surface area contributed by atoms with Crippen LogP contribution in [0.3, 0.4) is 0 Å². The van der Waals surface area contributed by atoms with Crippen molar-refractivity contribution in [2.24, 2.45) is 5.92 Å². The largest absolute Gasteiger partial charge is 0.373 e. The Labute approximate surface area is 96.9 Å². The topological polar surface area (TPSA) is 49.8 Å². The summed E-state index contributed by atoms with van der Waals surface area (Å²) in [6, 6.07) is 0.600. The summed E-state index contributed by atoms with van der Waals surface area (Å²) in [5.41, 5.74) is 1.11. The summed E-state index contributed by atoms with van der Waals surface area (Å²) in [6.07, 6.45) is 2.11. The van der Waals surface area contributed by atoms with Gasteiger partial charge in [-0.2, -0.15) is 0 Å². The molecule has 2 N–H and O–H groups in total. The molecule has 1 fully saturated rings. The Balaban J connectivity index is 2.27. The van der Waals surface area contributed by atoms with E-state index in [4.69, 9.17) is 0 Å². The molecule has 2 unspecified atom stereocenters. The van der Waals surface area contributed by atoms with Crippen LogP contribution in [0.4, 0.5) is 11.6 Å². The van der Waals surface area contributed by atoms with Gasteiger partial charge in [-0.15, -0.1) is 0 Å². The summed E-state index contributed by atoms with van der Waals surface area (Å²) >= 11 is 0. The Morgan fingerprint density at radius 2 is 1.94 bits per heavy atom. The average molecular weight is 220 g/mol.